The lowest BCUT2D eigenvalue weighted by Crippen LogP contribution is -2.43. The van der Waals surface area contributed by atoms with Crippen molar-refractivity contribution in [3.8, 4) is 0 Å². The fraction of sp³-hybridized carbons (Fsp3) is 0.927. The van der Waals surface area contributed by atoms with Crippen LogP contribution in [0.3, 0.4) is 0 Å². The van der Waals surface area contributed by atoms with Crippen molar-refractivity contribution in [2.75, 3.05) is 46.7 Å². The second kappa shape index (κ2) is 35.3. The van der Waals surface area contributed by atoms with Gasteiger partial charge in [0.05, 0.1) is 31.3 Å². The summed E-state index contributed by atoms with van der Waals surface area (Å²) < 4.78 is 23.0. The molecule has 10 heteroatoms. The summed E-state index contributed by atoms with van der Waals surface area (Å²) in [5.74, 6) is -1.87. The molecule has 0 aromatic heterocycles. The molecule has 2 atom stereocenters. The summed E-state index contributed by atoms with van der Waals surface area (Å²) in [4.78, 5) is 36.9. The number of ether oxygens (including phenoxy) is 4. The minimum atomic E-state index is -1.17. The largest absolute Gasteiger partial charge is 0.480 e. The molecular formula is C41H80N2O8. The molecule has 0 aliphatic rings. The first-order valence-corrected chi connectivity index (χ1v) is 20.8. The van der Waals surface area contributed by atoms with Gasteiger partial charge in [0.15, 0.2) is 0 Å². The van der Waals surface area contributed by atoms with Gasteiger partial charge in [-0.25, -0.2) is 4.79 Å². The third-order valence-electron chi connectivity index (χ3n) is 9.35. The highest BCUT2D eigenvalue weighted by Crippen LogP contribution is 2.15. The van der Waals surface area contributed by atoms with Crippen LogP contribution < -0.4 is 10.6 Å². The first kappa shape index (κ1) is 49.2. The van der Waals surface area contributed by atoms with E-state index < -0.39 is 23.5 Å². The SMILES string of the molecule is CCCCCCCCCCCCOCC(CNC(=O)CC[C@H](NC(=O)CCOC(C)(C)CCOC)C(=O)O)OCCCCCCCCCCCC. The van der Waals surface area contributed by atoms with Crippen LogP contribution in [-0.2, 0) is 33.3 Å². The summed E-state index contributed by atoms with van der Waals surface area (Å²) in [6.45, 7) is 11.1. The van der Waals surface area contributed by atoms with Crippen molar-refractivity contribution in [1.82, 2.24) is 10.6 Å². The van der Waals surface area contributed by atoms with Crippen molar-refractivity contribution in [3.05, 3.63) is 0 Å². The molecule has 0 fully saturated rings. The molecule has 0 aliphatic carbocycles. The number of aliphatic carboxylic acids is 1. The van der Waals surface area contributed by atoms with Crippen LogP contribution in [-0.4, -0.2) is 87.3 Å². The van der Waals surface area contributed by atoms with Gasteiger partial charge in [-0.1, -0.05) is 129 Å². The first-order chi connectivity index (χ1) is 24.6. The molecule has 0 radical (unpaired) electrons. The summed E-state index contributed by atoms with van der Waals surface area (Å²) in [7, 11) is 1.62. The van der Waals surface area contributed by atoms with E-state index in [1.54, 1.807) is 7.11 Å². The zero-order valence-electron chi connectivity index (χ0n) is 33.7. The van der Waals surface area contributed by atoms with Gasteiger partial charge in [-0.05, 0) is 39.5 Å². The number of methoxy groups -OCH3 is 1. The molecule has 0 heterocycles. The Hall–Kier alpha value is -1.75. The predicted octanol–water partition coefficient (Wildman–Crippen LogP) is 8.92. The van der Waals surface area contributed by atoms with Crippen LogP contribution >= 0.6 is 0 Å². The van der Waals surface area contributed by atoms with Crippen LogP contribution in [0.1, 0.15) is 182 Å². The Morgan fingerprint density at radius 3 is 1.67 bits per heavy atom. The molecule has 0 aliphatic heterocycles. The van der Waals surface area contributed by atoms with Crippen molar-refractivity contribution in [2.24, 2.45) is 0 Å². The fourth-order valence-corrected chi connectivity index (χ4v) is 5.87. The highest BCUT2D eigenvalue weighted by Gasteiger charge is 2.23. The summed E-state index contributed by atoms with van der Waals surface area (Å²) in [6.07, 6.45) is 25.7. The quantitative estimate of drug-likeness (QED) is 0.0535. The second-order valence-corrected chi connectivity index (χ2v) is 14.8. The molecule has 0 aromatic carbocycles. The van der Waals surface area contributed by atoms with Crippen LogP contribution in [0, 0.1) is 0 Å². The van der Waals surface area contributed by atoms with E-state index in [1.165, 1.54) is 103 Å². The summed E-state index contributed by atoms with van der Waals surface area (Å²) in [5.41, 5.74) is -0.451. The van der Waals surface area contributed by atoms with Crippen molar-refractivity contribution in [1.29, 1.82) is 0 Å². The van der Waals surface area contributed by atoms with Crippen molar-refractivity contribution >= 4 is 17.8 Å². The molecule has 10 nitrogen and oxygen atoms in total. The number of rotatable bonds is 39. The van der Waals surface area contributed by atoms with Gasteiger partial charge in [-0.2, -0.15) is 0 Å². The minimum absolute atomic E-state index is 0.00748. The number of carboxylic acid groups (broad SMARTS) is 1. The van der Waals surface area contributed by atoms with Gasteiger partial charge in [0, 0.05) is 39.9 Å². The Kier molecular flexibility index (Phi) is 34.1. The highest BCUT2D eigenvalue weighted by molar-refractivity contribution is 5.84. The van der Waals surface area contributed by atoms with Crippen LogP contribution in [0.25, 0.3) is 0 Å². The number of carbonyl (C=O) groups excluding carboxylic acids is 2. The van der Waals surface area contributed by atoms with Gasteiger partial charge >= 0.3 is 5.97 Å². The monoisotopic (exact) mass is 729 g/mol. The van der Waals surface area contributed by atoms with E-state index in [-0.39, 0.29) is 37.9 Å². The highest BCUT2D eigenvalue weighted by atomic mass is 16.5. The average molecular weight is 729 g/mol. The molecule has 0 bridgehead atoms. The Balaban J connectivity index is 4.55. The van der Waals surface area contributed by atoms with E-state index in [1.807, 2.05) is 13.8 Å². The lowest BCUT2D eigenvalue weighted by atomic mass is 10.1. The number of hydrogen-bond donors (Lipinski definition) is 3. The molecular weight excluding hydrogens is 648 g/mol. The smallest absolute Gasteiger partial charge is 0.326 e. The lowest BCUT2D eigenvalue weighted by molar-refractivity contribution is -0.142. The van der Waals surface area contributed by atoms with E-state index in [2.05, 4.69) is 24.5 Å². The van der Waals surface area contributed by atoms with Gasteiger partial charge in [0.2, 0.25) is 11.8 Å². The third-order valence-corrected chi connectivity index (χ3v) is 9.35. The summed E-state index contributed by atoms with van der Waals surface area (Å²) in [5, 5.41) is 15.1. The Bertz CT molecular complexity index is 825. The Morgan fingerprint density at radius 1 is 0.647 bits per heavy atom. The fourth-order valence-electron chi connectivity index (χ4n) is 5.87. The van der Waals surface area contributed by atoms with Crippen molar-refractivity contribution in [2.45, 2.75) is 200 Å². The van der Waals surface area contributed by atoms with Gasteiger partial charge in [-0.15, -0.1) is 0 Å². The zero-order valence-corrected chi connectivity index (χ0v) is 33.7. The maximum absolute atomic E-state index is 12.7. The normalized spacial score (nSPS) is 12.9. The van der Waals surface area contributed by atoms with Gasteiger partial charge in [0.25, 0.3) is 0 Å². The number of hydrogen-bond acceptors (Lipinski definition) is 7. The summed E-state index contributed by atoms with van der Waals surface area (Å²) >= 11 is 0. The summed E-state index contributed by atoms with van der Waals surface area (Å²) in [6, 6.07) is -1.16. The molecule has 3 N–H and O–H groups in total. The molecule has 0 spiro atoms. The lowest BCUT2D eigenvalue weighted by Gasteiger charge is -2.25. The molecule has 51 heavy (non-hydrogen) atoms. The van der Waals surface area contributed by atoms with Crippen molar-refractivity contribution < 1.29 is 38.4 Å². The van der Waals surface area contributed by atoms with Crippen molar-refractivity contribution in [3.63, 3.8) is 0 Å². The molecule has 0 aromatic rings. The van der Waals surface area contributed by atoms with Crippen LogP contribution in [0.2, 0.25) is 0 Å². The first-order valence-electron chi connectivity index (χ1n) is 20.8. The molecule has 0 saturated carbocycles. The van der Waals surface area contributed by atoms with E-state index in [4.69, 9.17) is 18.9 Å². The zero-order chi connectivity index (χ0) is 37.8. The Labute approximate surface area is 312 Å². The number of unbranched alkanes of at least 4 members (excludes halogenated alkanes) is 18. The average Bonchev–Trinajstić information content (AvgIpc) is 3.10. The minimum Gasteiger partial charge on any atom is -0.480 e. The second-order valence-electron chi connectivity index (χ2n) is 14.8. The number of amides is 2. The van der Waals surface area contributed by atoms with Gasteiger partial charge < -0.3 is 34.7 Å². The van der Waals surface area contributed by atoms with E-state index in [0.29, 0.717) is 39.4 Å². The maximum atomic E-state index is 12.7. The predicted molar refractivity (Wildman–Crippen MR) is 207 cm³/mol. The van der Waals surface area contributed by atoms with E-state index >= 15 is 0 Å². The van der Waals surface area contributed by atoms with Crippen LogP contribution in [0.4, 0.5) is 0 Å². The molecule has 0 rings (SSSR count). The van der Waals surface area contributed by atoms with Crippen LogP contribution in [0.15, 0.2) is 0 Å². The van der Waals surface area contributed by atoms with E-state index in [0.717, 1.165) is 25.7 Å². The standard InChI is InChI=1S/C41H80N2O8/c1-6-8-10-12-14-16-18-20-22-24-30-49-35-36(50-31-25-23-21-19-17-15-13-11-9-7-2)34-42-38(44)27-26-37(40(46)47)43-39(45)28-32-51-41(3,4)29-33-48-5/h36-37H,6-35H2,1-5H3,(H,42,44)(H,43,45)(H,46,47)/t36?,37-/m0/s1. The van der Waals surface area contributed by atoms with Crippen LogP contribution in [0.5, 0.6) is 0 Å². The number of carboxylic acids is 1. The number of carbonyl (C=O) groups is 3. The molecule has 0 saturated heterocycles. The molecule has 1 unspecified atom stereocenters. The topological polar surface area (TPSA) is 132 Å². The maximum Gasteiger partial charge on any atom is 0.326 e. The van der Waals surface area contributed by atoms with E-state index in [9.17, 15) is 19.5 Å². The third kappa shape index (κ3) is 33.8. The van der Waals surface area contributed by atoms with Gasteiger partial charge in [0.1, 0.15) is 6.04 Å². The Morgan fingerprint density at radius 2 is 1.16 bits per heavy atom. The molecule has 302 valence electrons. The number of nitrogens with one attached hydrogen (secondary N) is 2. The van der Waals surface area contributed by atoms with Gasteiger partial charge in [-0.3, -0.25) is 9.59 Å². The molecule has 2 amide bonds.